The fourth-order valence-corrected chi connectivity index (χ4v) is 6.31. The number of hydrogen-bond donors (Lipinski definition) is 1. The number of hydrogen-bond acceptors (Lipinski definition) is 6. The molecule has 1 aromatic carbocycles. The number of carbonyl (C=O) groups is 1. The lowest BCUT2D eigenvalue weighted by Crippen LogP contribution is -2.16. The minimum absolute atomic E-state index is 0.121. The van der Waals surface area contributed by atoms with E-state index in [4.69, 9.17) is 9.40 Å². The van der Waals surface area contributed by atoms with Gasteiger partial charge in [-0.15, -0.1) is 11.3 Å². The van der Waals surface area contributed by atoms with Crippen LogP contribution in [-0.2, 0) is 12.8 Å². The molecule has 6 heteroatoms. The first-order valence-electron chi connectivity index (χ1n) is 13.5. The van der Waals surface area contributed by atoms with Gasteiger partial charge in [-0.05, 0) is 79.1 Å². The van der Waals surface area contributed by atoms with Crippen LogP contribution in [-0.4, -0.2) is 15.8 Å². The molecule has 4 aromatic rings. The van der Waals surface area contributed by atoms with Crippen LogP contribution in [0.4, 0.5) is 11.6 Å². The summed E-state index contributed by atoms with van der Waals surface area (Å²) in [5.74, 6) is 3.25. The number of ketones is 1. The molecule has 1 aliphatic rings. The summed E-state index contributed by atoms with van der Waals surface area (Å²) in [5, 5.41) is 3.39. The van der Waals surface area contributed by atoms with Crippen molar-refractivity contribution in [2.24, 2.45) is 11.8 Å². The third kappa shape index (κ3) is 6.95. The van der Waals surface area contributed by atoms with Gasteiger partial charge in [0.1, 0.15) is 5.76 Å². The quantitative estimate of drug-likeness (QED) is 0.204. The van der Waals surface area contributed by atoms with E-state index >= 15 is 0 Å². The smallest absolute Gasteiger partial charge is 0.227 e. The van der Waals surface area contributed by atoms with Gasteiger partial charge in [-0.25, -0.2) is 9.97 Å². The molecule has 0 unspecified atom stereocenters. The van der Waals surface area contributed by atoms with E-state index in [-0.39, 0.29) is 5.78 Å². The number of aryl methyl sites for hydroxylation is 1. The molecule has 0 amide bonds. The van der Waals surface area contributed by atoms with Crippen molar-refractivity contribution in [3.05, 3.63) is 83.3 Å². The molecule has 3 heterocycles. The highest BCUT2D eigenvalue weighted by molar-refractivity contribution is 7.17. The zero-order chi connectivity index (χ0) is 25.5. The molecule has 5 rings (SSSR count). The van der Waals surface area contributed by atoms with E-state index in [0.717, 1.165) is 45.2 Å². The fraction of sp³-hybridized carbons (Fsp3) is 0.387. The lowest BCUT2D eigenvalue weighted by molar-refractivity contribution is 0.0985. The van der Waals surface area contributed by atoms with E-state index in [2.05, 4.69) is 41.5 Å². The lowest BCUT2D eigenvalue weighted by Gasteiger charge is -2.28. The van der Waals surface area contributed by atoms with Gasteiger partial charge in [-0.3, -0.25) is 4.79 Å². The monoisotopic (exact) mass is 513 g/mol. The minimum Gasteiger partial charge on any atom is -0.469 e. The Morgan fingerprint density at radius 2 is 1.92 bits per heavy atom. The number of Topliss-reactive ketones (excluding diaryl/α,β-unsaturated/α-hetero) is 1. The summed E-state index contributed by atoms with van der Waals surface area (Å²) in [7, 11) is 0. The number of carbonyl (C=O) groups excluding carboxylic acids is 1. The maximum Gasteiger partial charge on any atom is 0.227 e. The van der Waals surface area contributed by atoms with Gasteiger partial charge in [0.25, 0.3) is 0 Å². The molecule has 0 aliphatic heterocycles. The second-order valence-corrected chi connectivity index (χ2v) is 11.2. The van der Waals surface area contributed by atoms with Crippen LogP contribution in [0, 0.1) is 11.8 Å². The number of aromatic nitrogens is 2. The number of nitrogens with one attached hydrogen (secondary N) is 1. The molecule has 1 fully saturated rings. The average Bonchev–Trinajstić information content (AvgIpc) is 3.62. The molecule has 1 aliphatic carbocycles. The van der Waals surface area contributed by atoms with E-state index in [1.54, 1.807) is 12.5 Å². The highest BCUT2D eigenvalue weighted by atomic mass is 32.1. The normalized spacial score (nSPS) is 17.5. The van der Waals surface area contributed by atoms with Crippen molar-refractivity contribution in [3.8, 4) is 10.6 Å². The lowest BCUT2D eigenvalue weighted by atomic mass is 9.78. The van der Waals surface area contributed by atoms with Crippen molar-refractivity contribution in [1.82, 2.24) is 9.97 Å². The molecule has 0 radical (unpaired) electrons. The maximum atomic E-state index is 12.6. The predicted molar refractivity (Wildman–Crippen MR) is 150 cm³/mol. The maximum absolute atomic E-state index is 12.6. The Hall–Kier alpha value is -3.25. The number of furan rings is 1. The first kappa shape index (κ1) is 25.4. The van der Waals surface area contributed by atoms with Gasteiger partial charge in [0.15, 0.2) is 5.78 Å². The predicted octanol–water partition coefficient (Wildman–Crippen LogP) is 8.51. The van der Waals surface area contributed by atoms with Gasteiger partial charge >= 0.3 is 0 Å². The summed E-state index contributed by atoms with van der Waals surface area (Å²) in [4.78, 5) is 23.5. The SMILES string of the molecule is CCCC1CCC(Cc2cccc(Nc3nccc(-c4ccc(C(=O)CCc5ccco5)s4)n3)c2)CC1. The fourth-order valence-electron chi connectivity index (χ4n) is 5.37. The van der Waals surface area contributed by atoms with Gasteiger partial charge in [0, 0.05) is 24.7 Å². The topological polar surface area (TPSA) is 68.0 Å². The molecule has 192 valence electrons. The first-order valence-corrected chi connectivity index (χ1v) is 14.3. The van der Waals surface area contributed by atoms with E-state index in [9.17, 15) is 4.79 Å². The molecular formula is C31H35N3O2S. The molecule has 37 heavy (non-hydrogen) atoms. The third-order valence-corrected chi connectivity index (χ3v) is 8.49. The molecule has 5 nitrogen and oxygen atoms in total. The van der Waals surface area contributed by atoms with E-state index < -0.39 is 0 Å². The van der Waals surface area contributed by atoms with Crippen molar-refractivity contribution < 1.29 is 9.21 Å². The van der Waals surface area contributed by atoms with Crippen molar-refractivity contribution in [3.63, 3.8) is 0 Å². The Morgan fingerprint density at radius 1 is 1.05 bits per heavy atom. The Bertz CT molecular complexity index is 1290. The Balaban J connectivity index is 1.19. The summed E-state index contributed by atoms with van der Waals surface area (Å²) in [6, 6.07) is 18.1. The summed E-state index contributed by atoms with van der Waals surface area (Å²) >= 11 is 1.47. The summed E-state index contributed by atoms with van der Waals surface area (Å²) in [5.41, 5.74) is 3.19. The van der Waals surface area contributed by atoms with E-state index in [1.165, 1.54) is 55.4 Å². The zero-order valence-corrected chi connectivity index (χ0v) is 22.3. The number of benzene rings is 1. The second-order valence-electron chi connectivity index (χ2n) is 10.1. The summed E-state index contributed by atoms with van der Waals surface area (Å²) < 4.78 is 5.34. The van der Waals surface area contributed by atoms with Gasteiger partial charge in [-0.2, -0.15) is 0 Å². The largest absolute Gasteiger partial charge is 0.469 e. The second kappa shape index (κ2) is 12.3. The van der Waals surface area contributed by atoms with Gasteiger partial charge in [-0.1, -0.05) is 44.7 Å². The molecular weight excluding hydrogens is 478 g/mol. The number of rotatable bonds is 11. The van der Waals surface area contributed by atoms with E-state index in [1.807, 2.05) is 30.3 Å². The highest BCUT2D eigenvalue weighted by Gasteiger charge is 2.21. The molecule has 0 saturated heterocycles. The van der Waals surface area contributed by atoms with Crippen LogP contribution >= 0.6 is 11.3 Å². The van der Waals surface area contributed by atoms with Crippen LogP contribution in [0.5, 0.6) is 0 Å². The Labute approximate surface area is 223 Å². The zero-order valence-electron chi connectivity index (χ0n) is 21.5. The van der Waals surface area contributed by atoms with Crippen molar-refractivity contribution >= 4 is 28.8 Å². The van der Waals surface area contributed by atoms with Gasteiger partial charge < -0.3 is 9.73 Å². The molecule has 1 N–H and O–H groups in total. The molecule has 0 bridgehead atoms. The molecule has 0 atom stereocenters. The number of nitrogens with zero attached hydrogens (tertiary/aromatic N) is 2. The third-order valence-electron chi connectivity index (χ3n) is 7.34. The highest BCUT2D eigenvalue weighted by Crippen LogP contribution is 2.34. The van der Waals surface area contributed by atoms with Gasteiger partial charge in [0.2, 0.25) is 5.95 Å². The van der Waals surface area contributed by atoms with Crippen LogP contribution < -0.4 is 5.32 Å². The van der Waals surface area contributed by atoms with Crippen LogP contribution in [0.25, 0.3) is 10.6 Å². The van der Waals surface area contributed by atoms with Crippen LogP contribution in [0.15, 0.2) is 71.5 Å². The van der Waals surface area contributed by atoms with E-state index in [0.29, 0.717) is 18.8 Å². The van der Waals surface area contributed by atoms with Crippen molar-refractivity contribution in [2.75, 3.05) is 5.32 Å². The Kier molecular flexibility index (Phi) is 8.46. The van der Waals surface area contributed by atoms with Crippen molar-refractivity contribution in [1.29, 1.82) is 0 Å². The summed E-state index contributed by atoms with van der Waals surface area (Å²) in [6.07, 6.45) is 13.8. The molecule has 3 aromatic heterocycles. The molecule has 1 saturated carbocycles. The Morgan fingerprint density at radius 3 is 2.73 bits per heavy atom. The summed E-state index contributed by atoms with van der Waals surface area (Å²) in [6.45, 7) is 2.30. The first-order chi connectivity index (χ1) is 18.2. The number of anilines is 2. The van der Waals surface area contributed by atoms with Crippen LogP contribution in [0.1, 0.15) is 72.9 Å². The van der Waals surface area contributed by atoms with Crippen LogP contribution in [0.3, 0.4) is 0 Å². The standard InChI is InChI=1S/C31H35N3O2S/c1-2-5-22-9-11-23(12-10-22)20-24-6-3-7-25(21-24)33-31-32-18-17-27(34-31)29-15-16-30(37-29)28(35)14-13-26-8-4-19-36-26/h3-4,6-8,15-19,21-23H,2,5,9-14,20H2,1H3,(H,32,33,34). The minimum atomic E-state index is 0.121. The molecule has 0 spiro atoms. The number of thiophene rings is 1. The van der Waals surface area contributed by atoms with Crippen molar-refractivity contribution in [2.45, 2.75) is 64.7 Å². The average molecular weight is 514 g/mol. The van der Waals surface area contributed by atoms with Crippen LogP contribution in [0.2, 0.25) is 0 Å². The van der Waals surface area contributed by atoms with Gasteiger partial charge in [0.05, 0.1) is 21.7 Å².